The topological polar surface area (TPSA) is 83.4 Å². The Morgan fingerprint density at radius 2 is 2.12 bits per heavy atom. The van der Waals surface area contributed by atoms with Gasteiger partial charge < -0.3 is 10.5 Å². The number of nitriles is 1. The second kappa shape index (κ2) is 5.68. The van der Waals surface area contributed by atoms with Gasteiger partial charge in [0.05, 0.1) is 12.8 Å². The SMILES string of the molecule is COc1ccc(N/N=C(\C#N)C(N)=S)cc1. The number of nitrogens with two attached hydrogens (primary N) is 1. The average Bonchev–Trinajstić information content (AvgIpc) is 2.30. The molecule has 1 aromatic rings. The smallest absolute Gasteiger partial charge is 0.194 e. The van der Waals surface area contributed by atoms with Gasteiger partial charge in [-0.2, -0.15) is 10.4 Å². The molecule has 0 amide bonds. The van der Waals surface area contributed by atoms with E-state index in [-0.39, 0.29) is 10.7 Å². The molecule has 0 atom stereocenters. The number of benzene rings is 1. The minimum absolute atomic E-state index is 0.00850. The Balaban J connectivity index is 2.74. The fourth-order valence-electron chi connectivity index (χ4n) is 0.921. The summed E-state index contributed by atoms with van der Waals surface area (Å²) in [4.78, 5) is -0.0384. The lowest BCUT2D eigenvalue weighted by molar-refractivity contribution is 0.415. The van der Waals surface area contributed by atoms with Gasteiger partial charge in [0.15, 0.2) is 5.71 Å². The summed E-state index contributed by atoms with van der Waals surface area (Å²) in [5.74, 6) is 0.740. The third-order valence-electron chi connectivity index (χ3n) is 1.73. The quantitative estimate of drug-likeness (QED) is 0.465. The summed E-state index contributed by atoms with van der Waals surface area (Å²) < 4.78 is 5.00. The Morgan fingerprint density at radius 3 is 2.56 bits per heavy atom. The molecule has 0 unspecified atom stereocenters. The van der Waals surface area contributed by atoms with Gasteiger partial charge in [-0.05, 0) is 24.3 Å². The van der Waals surface area contributed by atoms with Crippen molar-refractivity contribution in [2.24, 2.45) is 10.8 Å². The van der Waals surface area contributed by atoms with Crippen LogP contribution >= 0.6 is 12.2 Å². The fraction of sp³-hybridized carbons (Fsp3) is 0.100. The molecule has 0 heterocycles. The molecule has 0 aliphatic heterocycles. The van der Waals surface area contributed by atoms with E-state index in [1.165, 1.54) is 0 Å². The number of hydrogen-bond acceptors (Lipinski definition) is 5. The van der Waals surface area contributed by atoms with Gasteiger partial charge in [-0.1, -0.05) is 12.2 Å². The van der Waals surface area contributed by atoms with E-state index in [0.29, 0.717) is 5.69 Å². The van der Waals surface area contributed by atoms with Gasteiger partial charge in [0.25, 0.3) is 0 Å². The van der Waals surface area contributed by atoms with Crippen molar-refractivity contribution in [3.8, 4) is 11.8 Å². The summed E-state index contributed by atoms with van der Waals surface area (Å²) in [6.45, 7) is 0. The molecule has 0 fully saturated rings. The van der Waals surface area contributed by atoms with E-state index in [4.69, 9.17) is 15.7 Å². The van der Waals surface area contributed by atoms with Crippen LogP contribution in [0.1, 0.15) is 0 Å². The molecule has 0 saturated heterocycles. The van der Waals surface area contributed by atoms with Crippen LogP contribution in [0.5, 0.6) is 5.75 Å². The van der Waals surface area contributed by atoms with Crippen LogP contribution in [0.3, 0.4) is 0 Å². The van der Waals surface area contributed by atoms with Crippen molar-refractivity contribution >= 4 is 28.6 Å². The molecule has 6 heteroatoms. The first-order chi connectivity index (χ1) is 7.67. The molecular weight excluding hydrogens is 224 g/mol. The predicted molar refractivity (Wildman–Crippen MR) is 66.5 cm³/mol. The molecule has 0 aliphatic carbocycles. The third-order valence-corrected chi connectivity index (χ3v) is 1.92. The highest BCUT2D eigenvalue weighted by atomic mass is 32.1. The highest BCUT2D eigenvalue weighted by Gasteiger charge is 2.00. The molecule has 5 nitrogen and oxygen atoms in total. The van der Waals surface area contributed by atoms with Crippen molar-refractivity contribution in [3.05, 3.63) is 24.3 Å². The third kappa shape index (κ3) is 3.22. The zero-order valence-corrected chi connectivity index (χ0v) is 9.41. The van der Waals surface area contributed by atoms with Gasteiger partial charge in [0.1, 0.15) is 16.8 Å². The number of anilines is 1. The second-order valence-electron chi connectivity index (χ2n) is 2.78. The van der Waals surface area contributed by atoms with Crippen LogP contribution in [0, 0.1) is 11.3 Å². The van der Waals surface area contributed by atoms with E-state index >= 15 is 0 Å². The number of nitrogens with zero attached hydrogens (tertiary/aromatic N) is 2. The number of thiocarbonyl (C=S) groups is 1. The van der Waals surface area contributed by atoms with Crippen LogP contribution < -0.4 is 15.9 Å². The molecule has 3 N–H and O–H groups in total. The van der Waals surface area contributed by atoms with Gasteiger partial charge in [0.2, 0.25) is 0 Å². The van der Waals surface area contributed by atoms with Crippen LogP contribution in [0.25, 0.3) is 0 Å². The maximum absolute atomic E-state index is 8.65. The van der Waals surface area contributed by atoms with Crippen LogP contribution in [-0.4, -0.2) is 17.8 Å². The zero-order valence-electron chi connectivity index (χ0n) is 8.60. The normalized spacial score (nSPS) is 10.4. The molecule has 0 radical (unpaired) electrons. The number of hydrogen-bond donors (Lipinski definition) is 2. The van der Waals surface area contributed by atoms with Crippen molar-refractivity contribution in [1.29, 1.82) is 5.26 Å². The lowest BCUT2D eigenvalue weighted by Gasteiger charge is -2.02. The van der Waals surface area contributed by atoms with Gasteiger partial charge in [-0.3, -0.25) is 5.43 Å². The first-order valence-electron chi connectivity index (χ1n) is 4.35. The van der Waals surface area contributed by atoms with Crippen LogP contribution in [-0.2, 0) is 0 Å². The summed E-state index contributed by atoms with van der Waals surface area (Å²) in [7, 11) is 1.58. The van der Waals surface area contributed by atoms with Crippen LogP contribution in [0.15, 0.2) is 29.4 Å². The Hall–Kier alpha value is -2.13. The number of rotatable bonds is 4. The average molecular weight is 234 g/mol. The molecule has 16 heavy (non-hydrogen) atoms. The summed E-state index contributed by atoms with van der Waals surface area (Å²) in [5, 5.41) is 12.4. The van der Waals surface area contributed by atoms with Crippen molar-refractivity contribution in [1.82, 2.24) is 0 Å². The molecule has 1 aromatic carbocycles. The van der Waals surface area contributed by atoms with Crippen molar-refractivity contribution in [3.63, 3.8) is 0 Å². The minimum Gasteiger partial charge on any atom is -0.497 e. The second-order valence-corrected chi connectivity index (χ2v) is 3.22. The van der Waals surface area contributed by atoms with Gasteiger partial charge >= 0.3 is 0 Å². The summed E-state index contributed by atoms with van der Waals surface area (Å²) in [6, 6.07) is 8.85. The predicted octanol–water partition coefficient (Wildman–Crippen LogP) is 1.27. The first-order valence-corrected chi connectivity index (χ1v) is 4.76. The molecule has 82 valence electrons. The molecule has 0 aromatic heterocycles. The minimum atomic E-state index is -0.0384. The Labute approximate surface area is 98.5 Å². The lowest BCUT2D eigenvalue weighted by atomic mass is 10.3. The molecule has 0 bridgehead atoms. The molecular formula is C10H10N4OS. The largest absolute Gasteiger partial charge is 0.497 e. The number of nitrogens with one attached hydrogen (secondary N) is 1. The Kier molecular flexibility index (Phi) is 4.24. The Bertz CT molecular complexity index is 447. The molecule has 1 rings (SSSR count). The van der Waals surface area contributed by atoms with Crippen LogP contribution in [0.2, 0.25) is 0 Å². The van der Waals surface area contributed by atoms with E-state index in [1.807, 2.05) is 0 Å². The fourth-order valence-corrected chi connectivity index (χ4v) is 1.01. The summed E-state index contributed by atoms with van der Waals surface area (Å²) in [6.07, 6.45) is 0. The summed E-state index contributed by atoms with van der Waals surface area (Å²) >= 11 is 4.64. The van der Waals surface area contributed by atoms with E-state index in [1.54, 1.807) is 37.4 Å². The standard InChI is InChI=1S/C10H10N4OS/c1-15-8-4-2-7(3-5-8)13-14-9(6-11)10(12)16/h2-5,13H,1H3,(H2,12,16)/b14-9+. The van der Waals surface area contributed by atoms with Crippen molar-refractivity contribution < 1.29 is 4.74 Å². The van der Waals surface area contributed by atoms with Gasteiger partial charge in [0, 0.05) is 0 Å². The maximum Gasteiger partial charge on any atom is 0.194 e. The monoisotopic (exact) mass is 234 g/mol. The molecule has 0 aliphatic rings. The number of hydrazone groups is 1. The van der Waals surface area contributed by atoms with E-state index in [0.717, 1.165) is 5.75 Å². The molecule has 0 spiro atoms. The zero-order chi connectivity index (χ0) is 12.0. The maximum atomic E-state index is 8.65. The van der Waals surface area contributed by atoms with Crippen molar-refractivity contribution in [2.75, 3.05) is 12.5 Å². The van der Waals surface area contributed by atoms with Gasteiger partial charge in [-0.25, -0.2) is 0 Å². The van der Waals surface area contributed by atoms with E-state index in [9.17, 15) is 0 Å². The Morgan fingerprint density at radius 1 is 1.50 bits per heavy atom. The highest BCUT2D eigenvalue weighted by Crippen LogP contribution is 2.14. The lowest BCUT2D eigenvalue weighted by Crippen LogP contribution is -2.20. The highest BCUT2D eigenvalue weighted by molar-refractivity contribution is 7.82. The van der Waals surface area contributed by atoms with Crippen molar-refractivity contribution in [2.45, 2.75) is 0 Å². The molecule has 0 saturated carbocycles. The first kappa shape index (κ1) is 11.9. The van der Waals surface area contributed by atoms with Gasteiger partial charge in [-0.15, -0.1) is 0 Å². The number of ether oxygens (including phenoxy) is 1. The van der Waals surface area contributed by atoms with E-state index < -0.39 is 0 Å². The van der Waals surface area contributed by atoms with Crippen LogP contribution in [0.4, 0.5) is 5.69 Å². The summed E-state index contributed by atoms with van der Waals surface area (Å²) in [5.41, 5.74) is 8.65. The number of methoxy groups -OCH3 is 1. The van der Waals surface area contributed by atoms with E-state index in [2.05, 4.69) is 22.7 Å².